The third kappa shape index (κ3) is 4.82. The van der Waals surface area contributed by atoms with E-state index in [9.17, 15) is 14.0 Å². The fourth-order valence-electron chi connectivity index (χ4n) is 2.17. The lowest BCUT2D eigenvalue weighted by Gasteiger charge is -2.13. The molecule has 1 fully saturated rings. The second kappa shape index (κ2) is 7.69. The normalized spacial score (nSPS) is 14.8. The minimum Gasteiger partial charge on any atom is -0.452 e. The molecule has 1 saturated carbocycles. The Balaban J connectivity index is 1.54. The average molecular weight is 363 g/mol. The Morgan fingerprint density at radius 3 is 3.00 bits per heavy atom. The van der Waals surface area contributed by atoms with Gasteiger partial charge in [0.15, 0.2) is 11.3 Å². The summed E-state index contributed by atoms with van der Waals surface area (Å²) in [6, 6.07) is 6.32. The fourth-order valence-corrected chi connectivity index (χ4v) is 2.93. The number of carbonyl (C=O) groups excluding carboxylic acids is 2. The number of halogens is 1. The van der Waals surface area contributed by atoms with Gasteiger partial charge >= 0.3 is 5.97 Å². The van der Waals surface area contributed by atoms with Crippen molar-refractivity contribution in [3.05, 3.63) is 42.5 Å². The lowest BCUT2D eigenvalue weighted by molar-refractivity contribution is -0.152. The SMILES string of the molecule is C[C@H](OC(=O)CSc1nccn1-c1cccc(F)c1)C(=O)NC1CC1. The molecular weight excluding hydrogens is 345 g/mol. The number of imidazole rings is 1. The van der Waals surface area contributed by atoms with Crippen molar-refractivity contribution in [1.82, 2.24) is 14.9 Å². The van der Waals surface area contributed by atoms with Gasteiger partial charge < -0.3 is 10.1 Å². The molecule has 2 aromatic rings. The largest absolute Gasteiger partial charge is 0.452 e. The van der Waals surface area contributed by atoms with Gasteiger partial charge in [0.25, 0.3) is 5.91 Å². The van der Waals surface area contributed by atoms with E-state index in [1.54, 1.807) is 36.0 Å². The molecule has 1 heterocycles. The van der Waals surface area contributed by atoms with Crippen LogP contribution in [-0.4, -0.2) is 39.3 Å². The molecule has 0 bridgehead atoms. The standard InChI is InChI=1S/C17H18FN3O3S/c1-11(16(23)20-13-5-6-13)24-15(22)10-25-17-19-7-8-21(17)14-4-2-3-12(18)9-14/h2-4,7-9,11,13H,5-6,10H2,1H3,(H,20,23)/t11-/m0/s1. The Bertz CT molecular complexity index is 776. The number of rotatable bonds is 7. The van der Waals surface area contributed by atoms with Crippen LogP contribution in [0.15, 0.2) is 41.8 Å². The van der Waals surface area contributed by atoms with Gasteiger partial charge in [-0.25, -0.2) is 9.37 Å². The number of benzene rings is 1. The lowest BCUT2D eigenvalue weighted by atomic mass is 10.3. The zero-order valence-electron chi connectivity index (χ0n) is 13.6. The summed E-state index contributed by atoms with van der Waals surface area (Å²) in [5.41, 5.74) is 0.616. The zero-order valence-corrected chi connectivity index (χ0v) is 14.5. The van der Waals surface area contributed by atoms with Gasteiger partial charge in [0, 0.05) is 18.4 Å². The molecule has 25 heavy (non-hydrogen) atoms. The first-order valence-electron chi connectivity index (χ1n) is 7.95. The first-order valence-corrected chi connectivity index (χ1v) is 8.93. The summed E-state index contributed by atoms with van der Waals surface area (Å²) >= 11 is 1.17. The summed E-state index contributed by atoms with van der Waals surface area (Å²) in [5, 5.41) is 3.33. The van der Waals surface area contributed by atoms with E-state index in [0.717, 1.165) is 12.8 Å². The number of esters is 1. The van der Waals surface area contributed by atoms with E-state index >= 15 is 0 Å². The minimum absolute atomic E-state index is 0.00732. The van der Waals surface area contributed by atoms with Crippen molar-refractivity contribution >= 4 is 23.6 Å². The first-order chi connectivity index (χ1) is 12.0. The molecular formula is C17H18FN3O3S. The fraction of sp³-hybridized carbons (Fsp3) is 0.353. The van der Waals surface area contributed by atoms with Gasteiger partial charge in [-0.2, -0.15) is 0 Å². The van der Waals surface area contributed by atoms with Crippen LogP contribution in [0.4, 0.5) is 4.39 Å². The molecule has 1 aromatic heterocycles. The van der Waals surface area contributed by atoms with E-state index in [1.165, 1.54) is 23.9 Å². The first kappa shape index (κ1) is 17.5. The molecule has 0 spiro atoms. The maximum atomic E-state index is 13.4. The van der Waals surface area contributed by atoms with E-state index in [4.69, 9.17) is 4.74 Å². The van der Waals surface area contributed by atoms with Gasteiger partial charge in [-0.1, -0.05) is 17.8 Å². The minimum atomic E-state index is -0.823. The Morgan fingerprint density at radius 2 is 2.28 bits per heavy atom. The molecule has 1 N–H and O–H groups in total. The number of hydrogen-bond acceptors (Lipinski definition) is 5. The average Bonchev–Trinajstić information content (AvgIpc) is 3.26. The maximum Gasteiger partial charge on any atom is 0.317 e. The Morgan fingerprint density at radius 1 is 1.48 bits per heavy atom. The smallest absolute Gasteiger partial charge is 0.317 e. The van der Waals surface area contributed by atoms with E-state index < -0.39 is 12.1 Å². The van der Waals surface area contributed by atoms with E-state index in [2.05, 4.69) is 10.3 Å². The molecule has 1 amide bonds. The number of nitrogens with zero attached hydrogens (tertiary/aromatic N) is 2. The van der Waals surface area contributed by atoms with Crippen LogP contribution in [0.1, 0.15) is 19.8 Å². The van der Waals surface area contributed by atoms with Crippen LogP contribution in [0.2, 0.25) is 0 Å². The summed E-state index contributed by atoms with van der Waals surface area (Å²) in [4.78, 5) is 27.9. The highest BCUT2D eigenvalue weighted by atomic mass is 32.2. The van der Waals surface area contributed by atoms with Crippen LogP contribution in [0.25, 0.3) is 5.69 Å². The van der Waals surface area contributed by atoms with Crippen molar-refractivity contribution in [2.24, 2.45) is 0 Å². The van der Waals surface area contributed by atoms with E-state index in [0.29, 0.717) is 10.8 Å². The molecule has 0 unspecified atom stereocenters. The van der Waals surface area contributed by atoms with Crippen LogP contribution in [0.3, 0.4) is 0 Å². The predicted octanol–water partition coefficient (Wildman–Crippen LogP) is 2.31. The molecule has 0 saturated heterocycles. The summed E-state index contributed by atoms with van der Waals surface area (Å²) in [5.74, 6) is -1.12. The third-order valence-electron chi connectivity index (χ3n) is 3.61. The van der Waals surface area contributed by atoms with Gasteiger partial charge in [0.2, 0.25) is 0 Å². The van der Waals surface area contributed by atoms with Gasteiger partial charge in [0.1, 0.15) is 5.82 Å². The van der Waals surface area contributed by atoms with Crippen LogP contribution >= 0.6 is 11.8 Å². The number of nitrogens with one attached hydrogen (secondary N) is 1. The summed E-state index contributed by atoms with van der Waals surface area (Å²) < 4.78 is 20.2. The number of carbonyl (C=O) groups is 2. The second-order valence-corrected chi connectivity index (χ2v) is 6.71. The quantitative estimate of drug-likeness (QED) is 0.604. The van der Waals surface area contributed by atoms with Gasteiger partial charge in [0.05, 0.1) is 11.4 Å². The molecule has 0 radical (unpaired) electrons. The van der Waals surface area contributed by atoms with Crippen molar-refractivity contribution in [2.75, 3.05) is 5.75 Å². The summed E-state index contributed by atoms with van der Waals surface area (Å²) in [6.45, 7) is 1.55. The zero-order chi connectivity index (χ0) is 17.8. The molecule has 132 valence electrons. The highest BCUT2D eigenvalue weighted by Gasteiger charge is 2.27. The molecule has 8 heteroatoms. The van der Waals surface area contributed by atoms with Gasteiger partial charge in [-0.15, -0.1) is 0 Å². The van der Waals surface area contributed by atoms with Crippen LogP contribution < -0.4 is 5.32 Å². The molecule has 1 aliphatic carbocycles. The number of hydrogen-bond donors (Lipinski definition) is 1. The third-order valence-corrected chi connectivity index (χ3v) is 4.55. The molecule has 0 aliphatic heterocycles. The molecule has 1 aliphatic rings. The van der Waals surface area contributed by atoms with E-state index in [1.807, 2.05) is 0 Å². The Kier molecular flexibility index (Phi) is 5.37. The monoisotopic (exact) mass is 363 g/mol. The highest BCUT2D eigenvalue weighted by molar-refractivity contribution is 7.99. The maximum absolute atomic E-state index is 13.4. The molecule has 1 atom stereocenters. The van der Waals surface area contributed by atoms with Crippen LogP contribution in [0, 0.1) is 5.82 Å². The van der Waals surface area contributed by atoms with Gasteiger partial charge in [-0.3, -0.25) is 14.2 Å². The highest BCUT2D eigenvalue weighted by Crippen LogP contribution is 2.21. The van der Waals surface area contributed by atoms with E-state index in [-0.39, 0.29) is 23.5 Å². The number of thioether (sulfide) groups is 1. The van der Waals surface area contributed by atoms with Crippen molar-refractivity contribution in [3.8, 4) is 5.69 Å². The van der Waals surface area contributed by atoms with Gasteiger partial charge in [-0.05, 0) is 38.0 Å². The van der Waals surface area contributed by atoms with Crippen molar-refractivity contribution in [3.63, 3.8) is 0 Å². The van der Waals surface area contributed by atoms with Crippen LogP contribution in [-0.2, 0) is 14.3 Å². The predicted molar refractivity (Wildman–Crippen MR) is 91.0 cm³/mol. The van der Waals surface area contributed by atoms with Crippen molar-refractivity contribution in [2.45, 2.75) is 37.1 Å². The summed E-state index contributed by atoms with van der Waals surface area (Å²) in [7, 11) is 0. The molecule has 6 nitrogen and oxygen atoms in total. The summed E-state index contributed by atoms with van der Waals surface area (Å²) in [6.07, 6.45) is 4.39. The van der Waals surface area contributed by atoms with Crippen molar-refractivity contribution in [1.29, 1.82) is 0 Å². The lowest BCUT2D eigenvalue weighted by Crippen LogP contribution is -2.37. The molecule has 3 rings (SSSR count). The van der Waals surface area contributed by atoms with Crippen LogP contribution in [0.5, 0.6) is 0 Å². The number of ether oxygens (including phenoxy) is 1. The molecule has 1 aromatic carbocycles. The second-order valence-electron chi connectivity index (χ2n) is 5.76. The number of aromatic nitrogens is 2. The topological polar surface area (TPSA) is 73.2 Å². The van der Waals surface area contributed by atoms with Crippen molar-refractivity contribution < 1.29 is 18.7 Å². The Labute approximate surface area is 148 Å². The number of amides is 1. The Hall–Kier alpha value is -2.35.